The highest BCUT2D eigenvalue weighted by Gasteiger charge is 2.52. The minimum atomic E-state index is -2.72. The van der Waals surface area contributed by atoms with E-state index in [1.165, 1.54) is 0 Å². The third kappa shape index (κ3) is 4.91. The SMILES string of the molecule is N[C@@H](C(=O)OC[C@@H](O)CC1OC(O)(C(=O)O)CC(O)C1[C@@H](N)O)c1c[nH]c2ccccc12. The van der Waals surface area contributed by atoms with E-state index in [2.05, 4.69) is 4.98 Å². The van der Waals surface area contributed by atoms with Crippen molar-refractivity contribution < 1.29 is 44.6 Å². The van der Waals surface area contributed by atoms with E-state index in [1.54, 1.807) is 18.3 Å². The molecule has 12 heteroatoms. The number of carbonyl (C=O) groups excluding carboxylic acids is 1. The van der Waals surface area contributed by atoms with Crippen molar-refractivity contribution in [2.24, 2.45) is 17.4 Å². The maximum absolute atomic E-state index is 12.4. The van der Waals surface area contributed by atoms with E-state index in [0.717, 1.165) is 10.9 Å². The third-order valence-corrected chi connectivity index (χ3v) is 5.57. The molecule has 1 aromatic carbocycles. The van der Waals surface area contributed by atoms with Crippen LogP contribution in [0.5, 0.6) is 0 Å². The minimum Gasteiger partial charge on any atom is -0.477 e. The highest BCUT2D eigenvalue weighted by molar-refractivity contribution is 5.89. The Kier molecular flexibility index (Phi) is 7.15. The van der Waals surface area contributed by atoms with Crippen molar-refractivity contribution in [1.82, 2.24) is 4.98 Å². The van der Waals surface area contributed by atoms with Crippen LogP contribution in [0.4, 0.5) is 0 Å². The van der Waals surface area contributed by atoms with Crippen LogP contribution >= 0.6 is 0 Å². The van der Waals surface area contributed by atoms with Gasteiger partial charge in [-0.1, -0.05) is 18.2 Å². The molecule has 1 saturated heterocycles. The first-order valence-corrected chi connectivity index (χ1v) is 9.95. The number of aliphatic hydroxyl groups is 4. The van der Waals surface area contributed by atoms with Crippen molar-refractivity contribution in [3.63, 3.8) is 0 Å². The van der Waals surface area contributed by atoms with Crippen LogP contribution in [0, 0.1) is 5.92 Å². The van der Waals surface area contributed by atoms with Gasteiger partial charge in [-0.3, -0.25) is 0 Å². The lowest BCUT2D eigenvalue weighted by atomic mass is 9.83. The number of aliphatic hydroxyl groups excluding tert-OH is 3. The van der Waals surface area contributed by atoms with Crippen LogP contribution in [0.2, 0.25) is 0 Å². The number of para-hydroxylation sites is 1. The lowest BCUT2D eigenvalue weighted by molar-refractivity contribution is -0.296. The van der Waals surface area contributed by atoms with Gasteiger partial charge in [-0.05, 0) is 6.07 Å². The Balaban J connectivity index is 1.62. The molecule has 176 valence electrons. The summed E-state index contributed by atoms with van der Waals surface area (Å²) in [6, 6.07) is 6.10. The number of aromatic amines is 1. The Bertz CT molecular complexity index is 965. The van der Waals surface area contributed by atoms with Crippen LogP contribution in [0.1, 0.15) is 24.4 Å². The number of rotatable bonds is 8. The fraction of sp³-hybridized carbons (Fsp3) is 0.500. The quantitative estimate of drug-likeness (QED) is 0.166. The number of fused-ring (bicyclic) bond motifs is 1. The Hall–Kier alpha value is -2.58. The Labute approximate surface area is 182 Å². The standard InChI is InChI=1S/C20H27N3O9/c21-16(11-7-23-12-4-2-1-3-10(11)12)18(27)31-8-9(24)5-14-15(17(22)26)13(25)6-20(30,32-14)19(28)29/h1-4,7,9,13-17,23-26,30H,5-6,8,21-22H2,(H,28,29)/t9-,13?,14?,15?,16+,17-,20?/m0/s1. The molecule has 7 atom stereocenters. The second kappa shape index (κ2) is 9.50. The number of hydrogen-bond acceptors (Lipinski definition) is 10. The predicted molar refractivity (Wildman–Crippen MR) is 109 cm³/mol. The summed E-state index contributed by atoms with van der Waals surface area (Å²) in [5.41, 5.74) is 12.7. The summed E-state index contributed by atoms with van der Waals surface area (Å²) in [4.78, 5) is 26.7. The second-order valence-electron chi connectivity index (χ2n) is 7.87. The van der Waals surface area contributed by atoms with Crippen molar-refractivity contribution in [2.45, 2.75) is 49.2 Å². The van der Waals surface area contributed by atoms with E-state index in [-0.39, 0.29) is 6.42 Å². The normalized spacial score (nSPS) is 28.8. The lowest BCUT2D eigenvalue weighted by Crippen LogP contribution is -2.60. The van der Waals surface area contributed by atoms with Gasteiger partial charge in [0, 0.05) is 35.5 Å². The molecule has 1 aliphatic rings. The largest absolute Gasteiger partial charge is 0.477 e. The molecule has 2 aromatic rings. The Morgan fingerprint density at radius 1 is 1.28 bits per heavy atom. The fourth-order valence-electron chi connectivity index (χ4n) is 3.92. The van der Waals surface area contributed by atoms with Crippen LogP contribution in [0.25, 0.3) is 10.9 Å². The van der Waals surface area contributed by atoms with Gasteiger partial charge in [-0.15, -0.1) is 0 Å². The summed E-state index contributed by atoms with van der Waals surface area (Å²) in [5.74, 6) is -6.45. The summed E-state index contributed by atoms with van der Waals surface area (Å²) in [5, 5.41) is 50.2. The Morgan fingerprint density at radius 2 is 1.97 bits per heavy atom. The molecule has 10 N–H and O–H groups in total. The topological polar surface area (TPSA) is 222 Å². The summed E-state index contributed by atoms with van der Waals surface area (Å²) in [7, 11) is 0. The minimum absolute atomic E-state index is 0.388. The monoisotopic (exact) mass is 453 g/mol. The van der Waals surface area contributed by atoms with Crippen LogP contribution in [0.3, 0.4) is 0 Å². The smallest absolute Gasteiger partial charge is 0.364 e. The number of benzene rings is 1. The van der Waals surface area contributed by atoms with Gasteiger partial charge >= 0.3 is 11.9 Å². The summed E-state index contributed by atoms with van der Waals surface area (Å²) in [6.45, 7) is -0.524. The van der Waals surface area contributed by atoms with Gasteiger partial charge in [0.1, 0.15) is 18.9 Å². The van der Waals surface area contributed by atoms with Crippen LogP contribution in [-0.2, 0) is 19.1 Å². The number of H-pyrrole nitrogens is 1. The van der Waals surface area contributed by atoms with Crippen LogP contribution < -0.4 is 11.5 Å². The molecule has 1 aromatic heterocycles. The van der Waals surface area contributed by atoms with Crippen molar-refractivity contribution in [3.8, 4) is 0 Å². The van der Waals surface area contributed by atoms with Gasteiger partial charge in [0.15, 0.2) is 0 Å². The van der Waals surface area contributed by atoms with Crippen molar-refractivity contribution in [1.29, 1.82) is 0 Å². The molecule has 1 aliphatic heterocycles. The third-order valence-electron chi connectivity index (χ3n) is 5.57. The number of carboxylic acid groups (broad SMARTS) is 1. The molecule has 0 bridgehead atoms. The molecule has 0 radical (unpaired) electrons. The first-order chi connectivity index (χ1) is 15.0. The number of nitrogens with one attached hydrogen (secondary N) is 1. The van der Waals surface area contributed by atoms with Gasteiger partial charge in [-0.25, -0.2) is 9.59 Å². The molecule has 4 unspecified atom stereocenters. The number of aromatic nitrogens is 1. The predicted octanol–water partition coefficient (Wildman–Crippen LogP) is -1.72. The lowest BCUT2D eigenvalue weighted by Gasteiger charge is -2.43. The molecule has 0 spiro atoms. The van der Waals surface area contributed by atoms with Crippen LogP contribution in [-0.4, -0.2) is 79.4 Å². The van der Waals surface area contributed by atoms with Gasteiger partial charge < -0.3 is 51.5 Å². The highest BCUT2D eigenvalue weighted by atomic mass is 16.7. The first kappa shape index (κ1) is 24.1. The van der Waals surface area contributed by atoms with Crippen LogP contribution in [0.15, 0.2) is 30.5 Å². The van der Waals surface area contributed by atoms with E-state index in [9.17, 15) is 30.0 Å². The average Bonchev–Trinajstić information content (AvgIpc) is 3.14. The number of aliphatic carboxylic acids is 1. The zero-order valence-electron chi connectivity index (χ0n) is 17.0. The number of esters is 1. The van der Waals surface area contributed by atoms with Crippen molar-refractivity contribution in [3.05, 3.63) is 36.0 Å². The number of carboxylic acids is 1. The number of hydrogen-bond donors (Lipinski definition) is 8. The van der Waals surface area contributed by atoms with Crippen molar-refractivity contribution in [2.75, 3.05) is 6.61 Å². The molecular weight excluding hydrogens is 426 g/mol. The number of nitrogens with two attached hydrogens (primary N) is 2. The maximum atomic E-state index is 12.4. The first-order valence-electron chi connectivity index (χ1n) is 9.95. The molecule has 3 rings (SSSR count). The molecular formula is C20H27N3O9. The summed E-state index contributed by atoms with van der Waals surface area (Å²) < 4.78 is 10.2. The fourth-order valence-corrected chi connectivity index (χ4v) is 3.92. The Morgan fingerprint density at radius 3 is 2.62 bits per heavy atom. The summed E-state index contributed by atoms with van der Waals surface area (Å²) >= 11 is 0. The van der Waals surface area contributed by atoms with Gasteiger partial charge in [0.05, 0.1) is 24.2 Å². The van der Waals surface area contributed by atoms with Gasteiger partial charge in [0.25, 0.3) is 5.79 Å². The molecule has 12 nitrogen and oxygen atoms in total. The zero-order valence-corrected chi connectivity index (χ0v) is 17.0. The highest BCUT2D eigenvalue weighted by Crippen LogP contribution is 2.35. The van der Waals surface area contributed by atoms with E-state index in [4.69, 9.17) is 26.0 Å². The van der Waals surface area contributed by atoms with Gasteiger partial charge in [-0.2, -0.15) is 0 Å². The maximum Gasteiger partial charge on any atom is 0.364 e. The number of ether oxygens (including phenoxy) is 2. The molecule has 1 fully saturated rings. The van der Waals surface area contributed by atoms with Crippen molar-refractivity contribution >= 4 is 22.8 Å². The molecule has 0 saturated carbocycles. The second-order valence-corrected chi connectivity index (χ2v) is 7.87. The zero-order chi connectivity index (χ0) is 23.6. The molecule has 0 amide bonds. The van der Waals surface area contributed by atoms with Gasteiger partial charge in [0.2, 0.25) is 0 Å². The molecule has 2 heterocycles. The molecule has 32 heavy (non-hydrogen) atoms. The van der Waals surface area contributed by atoms with E-state index in [1.807, 2.05) is 12.1 Å². The number of carbonyl (C=O) groups is 2. The summed E-state index contributed by atoms with van der Waals surface area (Å²) in [6.07, 6.45) is -5.37. The van der Waals surface area contributed by atoms with E-state index >= 15 is 0 Å². The average molecular weight is 453 g/mol. The van der Waals surface area contributed by atoms with E-state index < -0.39 is 67.3 Å². The molecule has 0 aliphatic carbocycles. The van der Waals surface area contributed by atoms with E-state index in [0.29, 0.717) is 5.56 Å².